The van der Waals surface area contributed by atoms with Crippen LogP contribution in [0.3, 0.4) is 0 Å². The van der Waals surface area contributed by atoms with Gasteiger partial charge in [-0.05, 0) is 81.7 Å². The zero-order valence-corrected chi connectivity index (χ0v) is 71.9. The molecule has 666 valence electrons. The van der Waals surface area contributed by atoms with Crippen LogP contribution in [0.2, 0.25) is 5.02 Å². The van der Waals surface area contributed by atoms with Crippen LogP contribution < -0.4 is 58.9 Å². The van der Waals surface area contributed by atoms with Crippen molar-refractivity contribution in [1.82, 2.24) is 97.8 Å². The standard InChI is InChI=1S/C80H103ClN22O19S2/c1-42-45(4)124-77-67(42)68(48-15-17-50(81)18-16-48)97-55(71-101-100-46(5)103(71)77)31-61(105)86-22-23-119-24-25-120-26-27-121-38-64(108)99-70(80(6,7)8)76(116)102-37-53(30-59(102)75(115)93-43(2)47-11-13-49(14-12-47)69-44(3)92-41-123-69)122-66(111)20-19-60(104)95-57(29-52-34-85-40-91-52)74(114)98-56(28-51-33-84-39-90-51)73(113)89-35-62(106)94-54(10-9-21-87-79(82)83)72(112)88-36-63(107)96-58(78(117)118)32-65(109)110/h11-18,33-34,39-41,43,53-59,70H,9-10,19-32,35-38H2,1-8H3,(H,84,90)(H,85,91)(H,86,105)(H,88,112)(H,89,113)(H,93,115)(H,94,106)(H,95,104)(H,96,107)(H,98,114)(H,99,108)(H,109,110)(H,117,118)(H4,82,83,87)/t43-,53+,54-,55-,56-,57-,58-,59-,70+/m0/s1. The van der Waals surface area contributed by atoms with Gasteiger partial charge in [-0.1, -0.05) is 68.8 Å². The number of hydrogen-bond donors (Lipinski definition) is 16. The van der Waals surface area contributed by atoms with Gasteiger partial charge in [0.05, 0.1) is 124 Å². The maximum absolute atomic E-state index is 15.0. The summed E-state index contributed by atoms with van der Waals surface area (Å²) in [6, 6.07) is 5.02. The lowest BCUT2D eigenvalue weighted by Crippen LogP contribution is -2.58. The van der Waals surface area contributed by atoms with Crippen molar-refractivity contribution >= 4 is 123 Å². The average Bonchev–Trinajstić information content (AvgIpc) is 1.59. The number of thiophene rings is 1. The Bertz CT molecular complexity index is 4960. The van der Waals surface area contributed by atoms with E-state index in [2.05, 4.69) is 96.8 Å². The molecule has 10 amide bonds. The van der Waals surface area contributed by atoms with E-state index in [1.165, 1.54) is 41.3 Å². The second-order valence-electron chi connectivity index (χ2n) is 30.4. The number of carboxylic acids is 2. The van der Waals surface area contributed by atoms with E-state index in [4.69, 9.17) is 51.8 Å². The first kappa shape index (κ1) is 95.4. The molecule has 124 heavy (non-hydrogen) atoms. The van der Waals surface area contributed by atoms with Crippen LogP contribution in [0.15, 0.2) is 84.1 Å². The molecule has 0 spiro atoms. The van der Waals surface area contributed by atoms with Gasteiger partial charge in [-0.2, -0.15) is 0 Å². The van der Waals surface area contributed by atoms with E-state index in [-0.39, 0.29) is 108 Å². The second-order valence-corrected chi connectivity index (χ2v) is 32.9. The summed E-state index contributed by atoms with van der Waals surface area (Å²) in [4.78, 5) is 202. The molecule has 2 aromatic carbocycles. The van der Waals surface area contributed by atoms with Gasteiger partial charge in [-0.15, -0.1) is 32.9 Å². The number of carboxylic acid groups (broad SMARTS) is 2. The van der Waals surface area contributed by atoms with Crippen molar-refractivity contribution in [2.45, 2.75) is 168 Å². The average molecular weight is 1780 g/mol. The molecule has 0 saturated carbocycles. The highest BCUT2D eigenvalue weighted by atomic mass is 35.5. The van der Waals surface area contributed by atoms with Crippen LogP contribution in [0, 0.1) is 38.5 Å². The summed E-state index contributed by atoms with van der Waals surface area (Å²) in [6.07, 6.45) is 1.55. The second kappa shape index (κ2) is 45.6. The highest BCUT2D eigenvalue weighted by Gasteiger charge is 2.47. The molecular formula is C80H103ClN22O19S2. The molecule has 41 nitrogen and oxygen atoms in total. The Morgan fingerprint density at radius 2 is 1.29 bits per heavy atom. The van der Waals surface area contributed by atoms with Crippen LogP contribution in [-0.4, -0.2) is 258 Å². The number of nitrogens with zero attached hydrogens (tertiary/aromatic N) is 8. The monoisotopic (exact) mass is 1770 g/mol. The third-order valence-corrected chi connectivity index (χ3v) is 22.3. The number of esters is 1. The Morgan fingerprint density at radius 1 is 0.677 bits per heavy atom. The molecule has 0 bridgehead atoms. The number of halogens is 1. The minimum absolute atomic E-state index is 0.00512. The highest BCUT2D eigenvalue weighted by molar-refractivity contribution is 7.15. The van der Waals surface area contributed by atoms with Crippen molar-refractivity contribution in [3.8, 4) is 15.4 Å². The normalized spacial score (nSPS) is 15.6. The Kier molecular flexibility index (Phi) is 35.1. The number of H-pyrrole nitrogens is 2. The molecule has 2 aliphatic heterocycles. The number of amides is 10. The Morgan fingerprint density at radius 3 is 1.90 bits per heavy atom. The lowest BCUT2D eigenvalue weighted by atomic mass is 9.85. The molecule has 44 heteroatoms. The number of carbonyl (C=O) groups is 13. The highest BCUT2D eigenvalue weighted by Crippen LogP contribution is 2.40. The summed E-state index contributed by atoms with van der Waals surface area (Å²) in [5.74, 6) is -11.1. The zero-order valence-electron chi connectivity index (χ0n) is 69.5. The number of ether oxygens (including phenoxy) is 4. The number of thiazole rings is 1. The summed E-state index contributed by atoms with van der Waals surface area (Å²) >= 11 is 9.37. The number of fused-ring (bicyclic) bond motifs is 3. The van der Waals surface area contributed by atoms with Gasteiger partial charge in [0.15, 0.2) is 11.8 Å². The predicted octanol–water partition coefficient (Wildman–Crippen LogP) is 1.41. The maximum atomic E-state index is 15.0. The number of benzene rings is 2. The SMILES string of the molecule is Cc1ncsc1-c1ccc([C@H](C)NC(=O)[C@@H]2C[C@@H](OC(=O)CCC(=O)N[C@@H](Cc3c[nH]cn3)C(=O)N[C@@H](Cc3c[nH]cn3)C(=O)NCC(=O)N[C@@H](CCCNC(=N)N)C(=O)NCC(=O)N[C@@H](CC(=O)O)C(=O)O)CN2C(=O)[C@@H](NC(=O)COCCOCCOCCNC(=O)C[C@@H]2N=C(c3ccc(Cl)cc3)c3c(sc(C)c3C)-n3c(C)nnc32)C(C)(C)C)cc1. The molecule has 0 radical (unpaired) electrons. The predicted molar refractivity (Wildman–Crippen MR) is 450 cm³/mol. The molecule has 0 unspecified atom stereocenters. The number of aromatic amines is 2. The molecule has 9 atom stereocenters. The third kappa shape index (κ3) is 28.0. The number of rotatable bonds is 46. The molecule has 1 saturated heterocycles. The van der Waals surface area contributed by atoms with E-state index in [1.54, 1.807) is 56.7 Å². The van der Waals surface area contributed by atoms with Crippen molar-refractivity contribution in [3.63, 3.8) is 0 Å². The first-order valence-electron chi connectivity index (χ1n) is 39.8. The molecule has 2 aliphatic rings. The third-order valence-electron chi connectivity index (χ3n) is 19.9. The van der Waals surface area contributed by atoms with Crippen LogP contribution in [0.1, 0.15) is 141 Å². The molecule has 5 aromatic heterocycles. The molecule has 0 aliphatic carbocycles. The number of aromatic nitrogens is 8. The molecule has 7 aromatic rings. The number of nitrogens with two attached hydrogens (primary N) is 1. The van der Waals surface area contributed by atoms with Gasteiger partial charge in [0.1, 0.15) is 65.8 Å². The number of likely N-dealkylation sites (tertiary alicyclic amines) is 1. The summed E-state index contributed by atoms with van der Waals surface area (Å²) < 4.78 is 25.0. The van der Waals surface area contributed by atoms with Gasteiger partial charge < -0.3 is 103 Å². The quantitative estimate of drug-likeness (QED) is 0.0111. The number of aliphatic carboxylic acids is 2. The van der Waals surface area contributed by atoms with Crippen molar-refractivity contribution in [2.75, 3.05) is 72.4 Å². The van der Waals surface area contributed by atoms with Gasteiger partial charge in [-0.25, -0.2) is 19.7 Å². The Labute approximate surface area is 725 Å². The maximum Gasteiger partial charge on any atom is 0.326 e. The number of nitrogens with one attached hydrogen (secondary N) is 13. The molecular weight excluding hydrogens is 1670 g/mol. The first-order chi connectivity index (χ1) is 59.1. The number of hydrogen-bond acceptors (Lipinski definition) is 26. The number of imidazole rings is 2. The summed E-state index contributed by atoms with van der Waals surface area (Å²) in [7, 11) is 0. The van der Waals surface area contributed by atoms with E-state index in [9.17, 15) is 62.6 Å². The minimum Gasteiger partial charge on any atom is -0.481 e. The van der Waals surface area contributed by atoms with E-state index < -0.39 is 176 Å². The van der Waals surface area contributed by atoms with Gasteiger partial charge in [-0.3, -0.25) is 72.5 Å². The Balaban J connectivity index is 0.767. The van der Waals surface area contributed by atoms with Crippen LogP contribution in [0.5, 0.6) is 0 Å². The van der Waals surface area contributed by atoms with Gasteiger partial charge >= 0.3 is 17.9 Å². The van der Waals surface area contributed by atoms with Crippen molar-refractivity contribution in [1.29, 1.82) is 5.41 Å². The fraction of sp³-hybridized carbons (Fsp3) is 0.475. The number of aryl methyl sites for hydroxylation is 3. The molecule has 17 N–H and O–H groups in total. The van der Waals surface area contributed by atoms with Crippen LogP contribution in [0.4, 0.5) is 0 Å². The summed E-state index contributed by atoms with van der Waals surface area (Å²) in [6.45, 7) is 13.2. The molecule has 9 rings (SSSR count). The Hall–Kier alpha value is -12.5. The molecule has 1 fully saturated rings. The fourth-order valence-electron chi connectivity index (χ4n) is 13.4. The van der Waals surface area contributed by atoms with Crippen molar-refractivity contribution in [2.24, 2.45) is 16.1 Å². The summed E-state index contributed by atoms with van der Waals surface area (Å²) in [5.41, 5.74) is 12.8. The van der Waals surface area contributed by atoms with Crippen LogP contribution in [0.25, 0.3) is 15.4 Å². The van der Waals surface area contributed by atoms with E-state index >= 15 is 4.79 Å². The molecule has 7 heterocycles. The fourth-order valence-corrected chi connectivity index (χ4v) is 15.6. The number of guanidine groups is 1. The summed E-state index contributed by atoms with van der Waals surface area (Å²) in [5, 5.41) is 61.7. The van der Waals surface area contributed by atoms with Crippen molar-refractivity contribution < 1.29 is 91.5 Å². The van der Waals surface area contributed by atoms with E-state index in [0.717, 1.165) is 54.0 Å². The smallest absolute Gasteiger partial charge is 0.326 e. The number of carbonyl (C=O) groups excluding carboxylic acids is 11. The lowest BCUT2D eigenvalue weighted by Gasteiger charge is -2.35. The van der Waals surface area contributed by atoms with Gasteiger partial charge in [0.25, 0.3) is 0 Å². The van der Waals surface area contributed by atoms with E-state index in [1.807, 2.05) is 60.1 Å². The minimum atomic E-state index is -1.82. The topological polar surface area (TPSA) is 586 Å². The van der Waals surface area contributed by atoms with Gasteiger partial charge in [0, 0.05) is 72.2 Å². The lowest BCUT2D eigenvalue weighted by molar-refractivity contribution is -0.150. The van der Waals surface area contributed by atoms with Crippen LogP contribution in [-0.2, 0) is 94.1 Å². The number of aliphatic imine (C=N–C) groups is 1. The first-order valence-corrected chi connectivity index (χ1v) is 41.9. The largest absolute Gasteiger partial charge is 0.481 e. The van der Waals surface area contributed by atoms with Crippen molar-refractivity contribution in [3.05, 3.63) is 140 Å². The van der Waals surface area contributed by atoms with E-state index in [0.29, 0.717) is 16.7 Å². The van der Waals surface area contributed by atoms with Crippen LogP contribution >= 0.6 is 34.3 Å². The zero-order chi connectivity index (χ0) is 89.9. The van der Waals surface area contributed by atoms with Gasteiger partial charge in [0.2, 0.25) is 59.1 Å².